The highest BCUT2D eigenvalue weighted by atomic mass is 16.5. The SMILES string of the molecule is CC(C)CC(C)(C)C(=O)O.CC(C)CC(C)(C)CC(=O)O.CC(C)CC(C)C(=O)O.CC(C)CC(C)CC(=O)O.CC(C)CC1(CC(=O)O)CCCC1.CC(C)CCC(=O)O.CC(C)CCCC(=O)O.CC(C)COCC(=O)O.CCC(C)(CC(=O)O)CC(C)C.CCC(C)(CC(C)C)C(=O)O. The Morgan fingerprint density at radius 3 is 1.06 bits per heavy atom. The summed E-state index contributed by atoms with van der Waals surface area (Å²) in [6.45, 7) is 60.9. The van der Waals surface area contributed by atoms with Gasteiger partial charge in [-0.3, -0.25) is 43.2 Å². The summed E-state index contributed by atoms with van der Waals surface area (Å²) in [5.74, 6) is -1.61. The van der Waals surface area contributed by atoms with Gasteiger partial charge in [0.15, 0.2) is 0 Å². The van der Waals surface area contributed by atoms with Gasteiger partial charge in [0.2, 0.25) is 0 Å². The van der Waals surface area contributed by atoms with Gasteiger partial charge in [-0.2, -0.15) is 0 Å². The Morgan fingerprint density at radius 2 is 0.824 bits per heavy atom. The van der Waals surface area contributed by atoms with Crippen LogP contribution in [0.5, 0.6) is 0 Å². The van der Waals surface area contributed by atoms with Crippen molar-refractivity contribution in [2.24, 2.45) is 98.1 Å². The summed E-state index contributed by atoms with van der Waals surface area (Å²) in [7, 11) is 0. The third kappa shape index (κ3) is 92.7. The van der Waals surface area contributed by atoms with Crippen molar-refractivity contribution in [3.63, 3.8) is 0 Å². The molecule has 21 nitrogen and oxygen atoms in total. The van der Waals surface area contributed by atoms with Crippen molar-refractivity contribution in [3.05, 3.63) is 0 Å². The molecule has 1 aliphatic carbocycles. The lowest BCUT2D eigenvalue weighted by atomic mass is 9.76. The number of ether oxygens (including phenoxy) is 1. The van der Waals surface area contributed by atoms with Gasteiger partial charge in [0.05, 0.1) is 36.0 Å². The first-order chi connectivity index (χ1) is 46.0. The van der Waals surface area contributed by atoms with Crippen LogP contribution in [0.3, 0.4) is 0 Å². The molecule has 0 spiro atoms. The minimum atomic E-state index is -0.907. The average molecular weight is 1470 g/mol. The fourth-order valence-electron chi connectivity index (χ4n) is 11.9. The van der Waals surface area contributed by atoms with Crippen LogP contribution >= 0.6 is 0 Å². The summed E-state index contributed by atoms with van der Waals surface area (Å²) >= 11 is 0. The molecule has 21 heteroatoms. The van der Waals surface area contributed by atoms with Crippen molar-refractivity contribution < 1.29 is 104 Å². The molecule has 0 saturated heterocycles. The Morgan fingerprint density at radius 1 is 0.402 bits per heavy atom. The van der Waals surface area contributed by atoms with Gasteiger partial charge in [-0.25, -0.2) is 4.79 Å². The maximum atomic E-state index is 10.8. The van der Waals surface area contributed by atoms with E-state index in [0.29, 0.717) is 110 Å². The molecule has 1 fully saturated rings. The summed E-state index contributed by atoms with van der Waals surface area (Å²) in [5, 5.41) is 85.0. The van der Waals surface area contributed by atoms with E-state index in [-0.39, 0.29) is 35.2 Å². The minimum Gasteiger partial charge on any atom is -0.481 e. The van der Waals surface area contributed by atoms with Crippen molar-refractivity contribution in [1.82, 2.24) is 0 Å². The highest BCUT2D eigenvalue weighted by Gasteiger charge is 2.36. The number of rotatable bonds is 38. The van der Waals surface area contributed by atoms with Gasteiger partial charge in [0.25, 0.3) is 0 Å². The van der Waals surface area contributed by atoms with E-state index in [9.17, 15) is 47.9 Å². The molecule has 0 aliphatic heterocycles. The molecular weight excluding hydrogens is 1310 g/mol. The molecule has 0 amide bonds. The van der Waals surface area contributed by atoms with E-state index in [1.165, 1.54) is 12.8 Å². The van der Waals surface area contributed by atoms with Crippen LogP contribution in [0.1, 0.15) is 349 Å². The second kappa shape index (κ2) is 64.1. The third-order valence-corrected chi connectivity index (χ3v) is 16.0. The highest BCUT2D eigenvalue weighted by molar-refractivity contribution is 5.74. The maximum absolute atomic E-state index is 10.8. The standard InChI is InChI=1S/C11H20O2.C10H20O2.2C9H18O2.2C8H16O2.2C7H14O2.C6H12O3.C6H12O2/c1-9(2)7-11(8-10(12)13)5-3-4-6-11;1-5-10(4,6-8(2)3)7-9(11)12;1-7(2)5-9(3,4)6-8(10)11;1-5-9(4,8(10)11)6-7(2)3;1-6(2)5-8(3,4)7(9)10;1-6(2)4-7(3)5-8(9)10;1-5(2)4-6(3)7(8)9;1-6(2)4-3-5-7(8)9;1-5(2)3-9-4-6(7)8;1-5(2)3-4-6(7)8/h9H,3-8H2,1-2H3,(H,12,13);8H,5-7H2,1-4H3,(H,11,12);2*7H,5-6H2,1-4H3,(H,10,11);6H,5H2,1-4H3,(H,9,10);6-7H,4-5H2,1-3H3,(H,9,10);5-6H,4H2,1-3H3,(H,8,9);6H,3-5H2,1-2H3,(H,8,9);5H,3-4H2,1-2H3,(H,7,8);5H,3-4H2,1-2H3,(H,7,8). The molecule has 10 N–H and O–H groups in total. The molecule has 0 bridgehead atoms. The first-order valence-electron chi connectivity index (χ1n) is 37.8. The molecule has 0 aromatic carbocycles. The van der Waals surface area contributed by atoms with E-state index in [1.807, 2.05) is 90.0 Å². The van der Waals surface area contributed by atoms with E-state index in [2.05, 4.69) is 96.9 Å². The van der Waals surface area contributed by atoms with Crippen molar-refractivity contribution in [3.8, 4) is 0 Å². The molecule has 0 aromatic rings. The predicted octanol–water partition coefficient (Wildman–Crippen LogP) is 21.2. The van der Waals surface area contributed by atoms with Gasteiger partial charge in [0, 0.05) is 25.9 Å². The van der Waals surface area contributed by atoms with Gasteiger partial charge in [-0.1, -0.05) is 213 Å². The van der Waals surface area contributed by atoms with Crippen LogP contribution < -0.4 is 0 Å². The fraction of sp³-hybridized carbons (Fsp3) is 0.877. The monoisotopic (exact) mass is 1470 g/mol. The first kappa shape index (κ1) is 115. The van der Waals surface area contributed by atoms with Gasteiger partial charge in [0.1, 0.15) is 6.61 Å². The molecule has 4 unspecified atom stereocenters. The third-order valence-electron chi connectivity index (χ3n) is 16.0. The normalized spacial score (nSPS) is 13.9. The summed E-state index contributed by atoms with van der Waals surface area (Å²) in [5.41, 5.74) is -1.01. The molecular formula is C81H160O21. The number of hydrogen-bond donors (Lipinski definition) is 10. The molecule has 102 heavy (non-hydrogen) atoms. The van der Waals surface area contributed by atoms with Gasteiger partial charge in [-0.05, 0) is 179 Å². The van der Waals surface area contributed by atoms with E-state index in [1.54, 1.807) is 20.8 Å². The Hall–Kier alpha value is -5.34. The Balaban J connectivity index is -0.000000135. The molecule has 610 valence electrons. The van der Waals surface area contributed by atoms with Crippen LogP contribution in [0.2, 0.25) is 0 Å². The van der Waals surface area contributed by atoms with E-state index in [4.69, 9.17) is 55.8 Å². The van der Waals surface area contributed by atoms with Crippen LogP contribution in [0.4, 0.5) is 0 Å². The Labute approximate surface area is 621 Å². The van der Waals surface area contributed by atoms with E-state index >= 15 is 0 Å². The minimum absolute atomic E-state index is 0.0139. The molecule has 1 saturated carbocycles. The average Bonchev–Trinajstić information content (AvgIpc) is 1.68. The lowest BCUT2D eigenvalue weighted by Crippen LogP contribution is -2.28. The molecule has 4 atom stereocenters. The number of carbonyl (C=O) groups is 10. The zero-order valence-corrected chi connectivity index (χ0v) is 70.4. The van der Waals surface area contributed by atoms with E-state index < -0.39 is 70.5 Å². The second-order valence-electron chi connectivity index (χ2n) is 34.7. The maximum Gasteiger partial charge on any atom is 0.329 e. The Kier molecular flexibility index (Phi) is 72.3. The smallest absolute Gasteiger partial charge is 0.329 e. The summed E-state index contributed by atoms with van der Waals surface area (Å²) in [6.07, 6.45) is 17.2. The highest BCUT2D eigenvalue weighted by Crippen LogP contribution is 2.46. The number of hydrogen-bond acceptors (Lipinski definition) is 11. The zero-order chi connectivity index (χ0) is 82.9. The number of carboxylic acids is 10. The van der Waals surface area contributed by atoms with Crippen LogP contribution in [-0.4, -0.2) is 124 Å². The molecule has 1 aliphatic rings. The topological polar surface area (TPSA) is 382 Å². The quantitative estimate of drug-likeness (QED) is 0.0274. The van der Waals surface area contributed by atoms with E-state index in [0.717, 1.165) is 83.5 Å². The zero-order valence-electron chi connectivity index (χ0n) is 70.4. The van der Waals surface area contributed by atoms with Gasteiger partial charge < -0.3 is 55.8 Å². The number of carboxylic acid groups (broad SMARTS) is 10. The summed E-state index contributed by atoms with van der Waals surface area (Å²) < 4.78 is 4.76. The van der Waals surface area contributed by atoms with Crippen LogP contribution in [-0.2, 0) is 52.7 Å². The lowest BCUT2D eigenvalue weighted by Gasteiger charge is -2.28. The van der Waals surface area contributed by atoms with Crippen molar-refractivity contribution in [1.29, 1.82) is 0 Å². The second-order valence-corrected chi connectivity index (χ2v) is 34.7. The lowest BCUT2D eigenvalue weighted by molar-refractivity contribution is -0.149. The largest absolute Gasteiger partial charge is 0.481 e. The number of aliphatic carboxylic acids is 10. The molecule has 1 rings (SSSR count). The molecule has 0 heterocycles. The molecule has 0 radical (unpaired) electrons. The van der Waals surface area contributed by atoms with Crippen molar-refractivity contribution >= 4 is 59.7 Å². The summed E-state index contributed by atoms with van der Waals surface area (Å²) in [6, 6.07) is 0. The van der Waals surface area contributed by atoms with Crippen molar-refractivity contribution in [2.45, 2.75) is 349 Å². The van der Waals surface area contributed by atoms with Crippen molar-refractivity contribution in [2.75, 3.05) is 13.2 Å². The Bertz CT molecular complexity index is 2160. The summed E-state index contributed by atoms with van der Waals surface area (Å²) in [4.78, 5) is 103. The predicted molar refractivity (Wildman–Crippen MR) is 413 cm³/mol. The fourth-order valence-corrected chi connectivity index (χ4v) is 11.9. The van der Waals surface area contributed by atoms with Crippen LogP contribution in [0.25, 0.3) is 0 Å². The van der Waals surface area contributed by atoms with Crippen LogP contribution in [0.15, 0.2) is 0 Å². The van der Waals surface area contributed by atoms with Crippen LogP contribution in [0, 0.1) is 98.1 Å². The molecule has 0 aromatic heterocycles. The van der Waals surface area contributed by atoms with Gasteiger partial charge in [-0.15, -0.1) is 0 Å². The van der Waals surface area contributed by atoms with Gasteiger partial charge >= 0.3 is 59.7 Å². The first-order valence-corrected chi connectivity index (χ1v) is 37.8.